The van der Waals surface area contributed by atoms with Crippen LogP contribution in [0, 0.1) is 6.92 Å². The summed E-state index contributed by atoms with van der Waals surface area (Å²) in [5, 5.41) is 15.9. The SMILES string of the molecule is COCC(O)CN(C)C(=O)c1c(N)n[nH]c1C. The molecular weight excluding hydrogens is 224 g/mol. The molecule has 1 aromatic heterocycles. The summed E-state index contributed by atoms with van der Waals surface area (Å²) in [6, 6.07) is 0. The second kappa shape index (κ2) is 5.65. The summed E-state index contributed by atoms with van der Waals surface area (Å²) in [7, 11) is 3.08. The highest BCUT2D eigenvalue weighted by Crippen LogP contribution is 2.14. The number of aromatic amines is 1. The number of ether oxygens (including phenoxy) is 1. The number of carbonyl (C=O) groups is 1. The van der Waals surface area contributed by atoms with E-state index >= 15 is 0 Å². The molecular formula is C10H18N4O3. The van der Waals surface area contributed by atoms with Crippen LogP contribution in [0.5, 0.6) is 0 Å². The van der Waals surface area contributed by atoms with Crippen LogP contribution in [-0.2, 0) is 4.74 Å². The van der Waals surface area contributed by atoms with Crippen molar-refractivity contribution in [3.05, 3.63) is 11.3 Å². The second-order valence-electron chi connectivity index (χ2n) is 3.90. The maximum Gasteiger partial charge on any atom is 0.259 e. The van der Waals surface area contributed by atoms with E-state index in [2.05, 4.69) is 10.2 Å². The predicted molar refractivity (Wildman–Crippen MR) is 62.6 cm³/mol. The van der Waals surface area contributed by atoms with E-state index in [1.54, 1.807) is 14.0 Å². The molecule has 0 aliphatic rings. The minimum atomic E-state index is -0.720. The molecule has 0 saturated carbocycles. The number of hydrogen-bond acceptors (Lipinski definition) is 5. The molecule has 0 fully saturated rings. The van der Waals surface area contributed by atoms with Gasteiger partial charge in [0.15, 0.2) is 5.82 Å². The van der Waals surface area contributed by atoms with E-state index in [1.165, 1.54) is 12.0 Å². The van der Waals surface area contributed by atoms with Crippen LogP contribution in [0.15, 0.2) is 0 Å². The van der Waals surface area contributed by atoms with Gasteiger partial charge in [-0.25, -0.2) is 0 Å². The van der Waals surface area contributed by atoms with Crippen LogP contribution in [0.25, 0.3) is 0 Å². The van der Waals surface area contributed by atoms with Crippen molar-refractivity contribution in [1.82, 2.24) is 15.1 Å². The minimum Gasteiger partial charge on any atom is -0.389 e. The van der Waals surface area contributed by atoms with Gasteiger partial charge in [-0.2, -0.15) is 5.10 Å². The number of methoxy groups -OCH3 is 1. The fourth-order valence-corrected chi connectivity index (χ4v) is 1.55. The number of nitrogens with zero attached hydrogens (tertiary/aromatic N) is 2. The number of aryl methyl sites for hydroxylation is 1. The van der Waals surface area contributed by atoms with Crippen molar-refractivity contribution in [2.45, 2.75) is 13.0 Å². The van der Waals surface area contributed by atoms with Gasteiger partial charge in [-0.15, -0.1) is 0 Å². The van der Waals surface area contributed by atoms with Gasteiger partial charge >= 0.3 is 0 Å². The molecule has 7 nitrogen and oxygen atoms in total. The van der Waals surface area contributed by atoms with Crippen molar-refractivity contribution in [3.8, 4) is 0 Å². The van der Waals surface area contributed by atoms with E-state index in [1.807, 2.05) is 0 Å². The Labute approximate surface area is 99.6 Å². The number of carbonyl (C=O) groups excluding carboxylic acids is 1. The molecule has 1 heterocycles. The Kier molecular flexibility index (Phi) is 4.47. The summed E-state index contributed by atoms with van der Waals surface area (Å²) in [6.45, 7) is 2.07. The van der Waals surface area contributed by atoms with Crippen molar-refractivity contribution in [2.75, 3.05) is 33.0 Å². The lowest BCUT2D eigenvalue weighted by Gasteiger charge is -2.20. The first kappa shape index (κ1) is 13.5. The number of nitrogens with two attached hydrogens (primary N) is 1. The smallest absolute Gasteiger partial charge is 0.259 e. The predicted octanol–water partition coefficient (Wildman–Crippen LogP) is -0.620. The number of amides is 1. The quantitative estimate of drug-likeness (QED) is 0.638. The molecule has 0 bridgehead atoms. The van der Waals surface area contributed by atoms with E-state index in [-0.39, 0.29) is 24.9 Å². The van der Waals surface area contributed by atoms with Crippen molar-refractivity contribution in [2.24, 2.45) is 0 Å². The molecule has 1 unspecified atom stereocenters. The average molecular weight is 242 g/mol. The Morgan fingerprint density at radius 3 is 2.82 bits per heavy atom. The molecule has 1 rings (SSSR count). The van der Waals surface area contributed by atoms with E-state index in [9.17, 15) is 9.90 Å². The van der Waals surface area contributed by atoms with Crippen LogP contribution in [0.1, 0.15) is 16.1 Å². The molecule has 7 heteroatoms. The van der Waals surface area contributed by atoms with Gasteiger partial charge in [-0.1, -0.05) is 0 Å². The Hall–Kier alpha value is -1.60. The number of aliphatic hydroxyl groups excluding tert-OH is 1. The maximum absolute atomic E-state index is 12.0. The summed E-state index contributed by atoms with van der Waals surface area (Å²) >= 11 is 0. The van der Waals surface area contributed by atoms with E-state index in [0.29, 0.717) is 11.3 Å². The molecule has 0 spiro atoms. The van der Waals surface area contributed by atoms with Crippen LogP contribution in [0.3, 0.4) is 0 Å². The number of aliphatic hydroxyl groups is 1. The molecule has 0 aliphatic heterocycles. The van der Waals surface area contributed by atoms with Gasteiger partial charge in [0.25, 0.3) is 5.91 Å². The summed E-state index contributed by atoms with van der Waals surface area (Å²) < 4.78 is 4.79. The van der Waals surface area contributed by atoms with Crippen molar-refractivity contribution in [3.63, 3.8) is 0 Å². The van der Waals surface area contributed by atoms with Gasteiger partial charge in [0.05, 0.1) is 12.7 Å². The van der Waals surface area contributed by atoms with Crippen LogP contribution in [0.4, 0.5) is 5.82 Å². The van der Waals surface area contributed by atoms with E-state index in [0.717, 1.165) is 0 Å². The van der Waals surface area contributed by atoms with Gasteiger partial charge in [0, 0.05) is 26.4 Å². The molecule has 1 amide bonds. The molecule has 0 aliphatic carbocycles. The Morgan fingerprint density at radius 1 is 1.71 bits per heavy atom. The van der Waals surface area contributed by atoms with Crippen molar-refractivity contribution in [1.29, 1.82) is 0 Å². The molecule has 1 atom stereocenters. The number of nitrogens with one attached hydrogen (secondary N) is 1. The molecule has 1 aromatic rings. The lowest BCUT2D eigenvalue weighted by Crippen LogP contribution is -2.36. The highest BCUT2D eigenvalue weighted by molar-refractivity contribution is 5.99. The largest absolute Gasteiger partial charge is 0.389 e. The number of rotatable bonds is 5. The number of likely N-dealkylation sites (N-methyl/N-ethyl adjacent to an activating group) is 1. The number of nitrogen functional groups attached to an aromatic ring is 1. The van der Waals surface area contributed by atoms with Crippen molar-refractivity contribution < 1.29 is 14.6 Å². The highest BCUT2D eigenvalue weighted by atomic mass is 16.5. The standard InChI is InChI=1S/C10H18N4O3/c1-6-8(9(11)13-12-6)10(16)14(2)4-7(15)5-17-3/h7,15H,4-5H2,1-3H3,(H3,11,12,13). The zero-order valence-electron chi connectivity index (χ0n) is 10.2. The highest BCUT2D eigenvalue weighted by Gasteiger charge is 2.21. The second-order valence-corrected chi connectivity index (χ2v) is 3.90. The Balaban J connectivity index is 2.70. The topological polar surface area (TPSA) is 104 Å². The zero-order chi connectivity index (χ0) is 13.0. The van der Waals surface area contributed by atoms with Gasteiger partial charge < -0.3 is 20.5 Å². The third kappa shape index (κ3) is 3.18. The van der Waals surface area contributed by atoms with E-state index in [4.69, 9.17) is 10.5 Å². The first-order chi connectivity index (χ1) is 7.97. The lowest BCUT2D eigenvalue weighted by molar-refractivity contribution is 0.0380. The third-order valence-electron chi connectivity index (χ3n) is 2.38. The molecule has 0 saturated heterocycles. The summed E-state index contributed by atoms with van der Waals surface area (Å²) in [5.41, 5.74) is 6.55. The molecule has 4 N–H and O–H groups in total. The number of anilines is 1. The average Bonchev–Trinajstić information content (AvgIpc) is 2.58. The third-order valence-corrected chi connectivity index (χ3v) is 2.38. The first-order valence-corrected chi connectivity index (χ1v) is 5.20. The molecule has 0 radical (unpaired) electrons. The summed E-state index contributed by atoms with van der Waals surface area (Å²) in [6.07, 6.45) is -0.720. The van der Waals surface area contributed by atoms with Crippen LogP contribution in [-0.4, -0.2) is 59.5 Å². The maximum atomic E-state index is 12.0. The molecule has 0 aromatic carbocycles. The number of aromatic nitrogens is 2. The number of hydrogen-bond donors (Lipinski definition) is 3. The van der Waals surface area contributed by atoms with Gasteiger partial charge in [0.2, 0.25) is 0 Å². The van der Waals surface area contributed by atoms with Crippen LogP contribution < -0.4 is 5.73 Å². The van der Waals surface area contributed by atoms with Gasteiger partial charge in [0.1, 0.15) is 5.56 Å². The first-order valence-electron chi connectivity index (χ1n) is 5.20. The van der Waals surface area contributed by atoms with Gasteiger partial charge in [-0.05, 0) is 6.92 Å². The number of H-pyrrole nitrogens is 1. The molecule has 17 heavy (non-hydrogen) atoms. The van der Waals surface area contributed by atoms with Crippen molar-refractivity contribution >= 4 is 11.7 Å². The van der Waals surface area contributed by atoms with Crippen LogP contribution >= 0.6 is 0 Å². The monoisotopic (exact) mass is 242 g/mol. The summed E-state index contributed by atoms with van der Waals surface area (Å²) in [5.74, 6) is -0.107. The summed E-state index contributed by atoms with van der Waals surface area (Å²) in [4.78, 5) is 13.4. The zero-order valence-corrected chi connectivity index (χ0v) is 10.2. The van der Waals surface area contributed by atoms with Gasteiger partial charge in [-0.3, -0.25) is 9.89 Å². The minimum absolute atomic E-state index is 0.167. The van der Waals surface area contributed by atoms with E-state index < -0.39 is 6.10 Å². The normalized spacial score (nSPS) is 12.5. The Bertz CT molecular complexity index is 371. The fourth-order valence-electron chi connectivity index (χ4n) is 1.55. The Morgan fingerprint density at radius 2 is 2.35 bits per heavy atom. The fraction of sp³-hybridized carbons (Fsp3) is 0.600. The van der Waals surface area contributed by atoms with Crippen LogP contribution in [0.2, 0.25) is 0 Å². The lowest BCUT2D eigenvalue weighted by atomic mass is 10.2. The molecule has 96 valence electrons.